The Bertz CT molecular complexity index is 528. The average Bonchev–Trinajstić information content (AvgIpc) is 2.61. The van der Waals surface area contributed by atoms with Crippen molar-refractivity contribution < 1.29 is 8.42 Å². The Kier molecular flexibility index (Phi) is 4.45. The van der Waals surface area contributed by atoms with E-state index in [1.54, 1.807) is 0 Å². The SMILES string of the molecule is Cc1ccc(CNCC2CCCS2(=O)=O)c(Br)c1. The van der Waals surface area contributed by atoms with Crippen LogP contribution < -0.4 is 5.32 Å². The molecule has 1 aliphatic heterocycles. The quantitative estimate of drug-likeness (QED) is 0.921. The lowest BCUT2D eigenvalue weighted by Crippen LogP contribution is -2.30. The molecule has 0 amide bonds. The topological polar surface area (TPSA) is 46.2 Å². The van der Waals surface area contributed by atoms with Gasteiger partial charge in [-0.2, -0.15) is 0 Å². The number of halogens is 1. The summed E-state index contributed by atoms with van der Waals surface area (Å²) in [7, 11) is -2.83. The maximum Gasteiger partial charge on any atom is 0.154 e. The minimum atomic E-state index is -2.83. The van der Waals surface area contributed by atoms with E-state index in [1.165, 1.54) is 5.56 Å². The Hall–Kier alpha value is -0.390. The molecule has 2 rings (SSSR count). The summed E-state index contributed by atoms with van der Waals surface area (Å²) in [6.45, 7) is 3.31. The first-order valence-electron chi connectivity index (χ1n) is 6.16. The van der Waals surface area contributed by atoms with Gasteiger partial charge in [-0.3, -0.25) is 0 Å². The lowest BCUT2D eigenvalue weighted by Gasteiger charge is -2.12. The van der Waals surface area contributed by atoms with Crippen LogP contribution in [0, 0.1) is 6.92 Å². The second kappa shape index (κ2) is 5.72. The number of nitrogens with one attached hydrogen (secondary N) is 1. The molecule has 1 N–H and O–H groups in total. The molecule has 1 heterocycles. The van der Waals surface area contributed by atoms with Crippen LogP contribution in [0.5, 0.6) is 0 Å². The summed E-state index contributed by atoms with van der Waals surface area (Å²) in [6.07, 6.45) is 1.60. The van der Waals surface area contributed by atoms with E-state index in [0.29, 0.717) is 18.8 Å². The molecule has 3 nitrogen and oxygen atoms in total. The molecule has 5 heteroatoms. The number of rotatable bonds is 4. The Morgan fingerprint density at radius 2 is 2.22 bits per heavy atom. The van der Waals surface area contributed by atoms with Crippen molar-refractivity contribution in [3.05, 3.63) is 33.8 Å². The van der Waals surface area contributed by atoms with E-state index < -0.39 is 9.84 Å². The van der Waals surface area contributed by atoms with Crippen LogP contribution in [0.25, 0.3) is 0 Å². The van der Waals surface area contributed by atoms with Crippen molar-refractivity contribution in [1.29, 1.82) is 0 Å². The highest BCUT2D eigenvalue weighted by molar-refractivity contribution is 9.10. The standard InChI is InChI=1S/C13H18BrNO2S/c1-10-4-5-11(13(14)7-10)8-15-9-12-3-2-6-18(12,16)17/h4-5,7,12,15H,2-3,6,8-9H2,1H3. The zero-order valence-corrected chi connectivity index (χ0v) is 12.9. The molecule has 1 fully saturated rings. The highest BCUT2D eigenvalue weighted by Crippen LogP contribution is 2.20. The zero-order chi connectivity index (χ0) is 13.2. The Morgan fingerprint density at radius 3 is 2.83 bits per heavy atom. The fraction of sp³-hybridized carbons (Fsp3) is 0.538. The smallest absolute Gasteiger partial charge is 0.154 e. The van der Waals surface area contributed by atoms with Crippen LogP contribution in [0.3, 0.4) is 0 Å². The van der Waals surface area contributed by atoms with Crippen molar-refractivity contribution >= 4 is 25.8 Å². The molecule has 1 aromatic rings. The zero-order valence-electron chi connectivity index (χ0n) is 10.4. The molecular weight excluding hydrogens is 314 g/mol. The Balaban J connectivity index is 1.89. The third-order valence-electron chi connectivity index (χ3n) is 3.36. The molecule has 100 valence electrons. The van der Waals surface area contributed by atoms with Gasteiger partial charge in [-0.05, 0) is 37.0 Å². The van der Waals surface area contributed by atoms with E-state index in [2.05, 4.69) is 39.4 Å². The summed E-state index contributed by atoms with van der Waals surface area (Å²) >= 11 is 3.52. The van der Waals surface area contributed by atoms with Crippen LogP contribution in [-0.2, 0) is 16.4 Å². The molecule has 0 spiro atoms. The first-order chi connectivity index (χ1) is 8.49. The molecule has 1 unspecified atom stereocenters. The van der Waals surface area contributed by atoms with Gasteiger partial charge >= 0.3 is 0 Å². The fourth-order valence-corrected chi connectivity index (χ4v) is 4.68. The molecule has 1 saturated heterocycles. The monoisotopic (exact) mass is 331 g/mol. The van der Waals surface area contributed by atoms with Crippen molar-refractivity contribution in [2.75, 3.05) is 12.3 Å². The Morgan fingerprint density at radius 1 is 1.44 bits per heavy atom. The molecule has 0 radical (unpaired) electrons. The van der Waals surface area contributed by atoms with Gasteiger partial charge in [-0.15, -0.1) is 0 Å². The average molecular weight is 332 g/mol. The van der Waals surface area contributed by atoms with E-state index in [0.717, 1.165) is 22.9 Å². The summed E-state index contributed by atoms with van der Waals surface area (Å²) < 4.78 is 24.4. The summed E-state index contributed by atoms with van der Waals surface area (Å²) in [5.74, 6) is 0.355. The first-order valence-corrected chi connectivity index (χ1v) is 8.67. The second-order valence-corrected chi connectivity index (χ2v) is 8.11. The number of hydrogen-bond donors (Lipinski definition) is 1. The summed E-state index contributed by atoms with van der Waals surface area (Å²) in [5.41, 5.74) is 2.37. The van der Waals surface area contributed by atoms with E-state index >= 15 is 0 Å². The predicted molar refractivity (Wildman–Crippen MR) is 77.4 cm³/mol. The van der Waals surface area contributed by atoms with Gasteiger partial charge in [-0.25, -0.2) is 8.42 Å². The van der Waals surface area contributed by atoms with E-state index in [9.17, 15) is 8.42 Å². The summed E-state index contributed by atoms with van der Waals surface area (Å²) in [4.78, 5) is 0. The predicted octanol–water partition coefficient (Wildman–Crippen LogP) is 2.42. The molecule has 0 bridgehead atoms. The second-order valence-electron chi connectivity index (χ2n) is 4.86. The van der Waals surface area contributed by atoms with Gasteiger partial charge in [-0.1, -0.05) is 28.1 Å². The van der Waals surface area contributed by atoms with Crippen LogP contribution in [0.15, 0.2) is 22.7 Å². The molecule has 1 atom stereocenters. The molecule has 0 aromatic heterocycles. The largest absolute Gasteiger partial charge is 0.311 e. The van der Waals surface area contributed by atoms with E-state index in [1.807, 2.05) is 6.92 Å². The van der Waals surface area contributed by atoms with Gasteiger partial charge in [0.05, 0.1) is 11.0 Å². The molecule has 1 aromatic carbocycles. The lowest BCUT2D eigenvalue weighted by atomic mass is 10.1. The van der Waals surface area contributed by atoms with Gasteiger partial charge in [0.1, 0.15) is 0 Å². The van der Waals surface area contributed by atoms with Crippen molar-refractivity contribution in [3.63, 3.8) is 0 Å². The Labute approximate surface area is 117 Å². The number of benzene rings is 1. The summed E-state index contributed by atoms with van der Waals surface area (Å²) in [6, 6.07) is 6.20. The van der Waals surface area contributed by atoms with Gasteiger partial charge in [0.15, 0.2) is 9.84 Å². The number of aryl methyl sites for hydroxylation is 1. The molecular formula is C13H18BrNO2S. The van der Waals surface area contributed by atoms with Crippen LogP contribution in [0.1, 0.15) is 24.0 Å². The molecule has 0 aliphatic carbocycles. The van der Waals surface area contributed by atoms with Crippen molar-refractivity contribution in [3.8, 4) is 0 Å². The van der Waals surface area contributed by atoms with Crippen LogP contribution >= 0.6 is 15.9 Å². The van der Waals surface area contributed by atoms with E-state index in [4.69, 9.17) is 0 Å². The maximum atomic E-state index is 11.7. The molecule has 0 saturated carbocycles. The first kappa shape index (κ1) is 14.0. The third-order valence-corrected chi connectivity index (χ3v) is 6.37. The highest BCUT2D eigenvalue weighted by Gasteiger charge is 2.30. The fourth-order valence-electron chi connectivity index (χ4n) is 2.25. The lowest BCUT2D eigenvalue weighted by molar-refractivity contribution is 0.574. The van der Waals surface area contributed by atoms with Crippen LogP contribution in [0.2, 0.25) is 0 Å². The number of sulfone groups is 1. The van der Waals surface area contributed by atoms with Gasteiger partial charge in [0.2, 0.25) is 0 Å². The van der Waals surface area contributed by atoms with Crippen molar-refractivity contribution in [1.82, 2.24) is 5.32 Å². The van der Waals surface area contributed by atoms with Crippen molar-refractivity contribution in [2.24, 2.45) is 0 Å². The minimum absolute atomic E-state index is 0.193. The maximum absolute atomic E-state index is 11.7. The van der Waals surface area contributed by atoms with Crippen LogP contribution in [-0.4, -0.2) is 26.0 Å². The van der Waals surface area contributed by atoms with Gasteiger partial charge in [0, 0.05) is 17.6 Å². The van der Waals surface area contributed by atoms with Crippen LogP contribution in [0.4, 0.5) is 0 Å². The highest BCUT2D eigenvalue weighted by atomic mass is 79.9. The molecule has 1 aliphatic rings. The molecule has 18 heavy (non-hydrogen) atoms. The summed E-state index contributed by atoms with van der Waals surface area (Å²) in [5, 5.41) is 3.06. The normalized spacial score (nSPS) is 22.2. The number of hydrogen-bond acceptors (Lipinski definition) is 3. The third kappa shape index (κ3) is 3.33. The van der Waals surface area contributed by atoms with Gasteiger partial charge in [0.25, 0.3) is 0 Å². The van der Waals surface area contributed by atoms with E-state index in [-0.39, 0.29) is 5.25 Å². The van der Waals surface area contributed by atoms with Gasteiger partial charge < -0.3 is 5.32 Å². The minimum Gasteiger partial charge on any atom is -0.311 e. The van der Waals surface area contributed by atoms with Crippen molar-refractivity contribution in [2.45, 2.75) is 31.6 Å².